The van der Waals surface area contributed by atoms with Crippen molar-refractivity contribution in [3.8, 4) is 0 Å². The van der Waals surface area contributed by atoms with Crippen LogP contribution in [0.1, 0.15) is 43.3 Å². The van der Waals surface area contributed by atoms with Gasteiger partial charge in [0, 0.05) is 19.5 Å². The van der Waals surface area contributed by atoms with Crippen molar-refractivity contribution < 1.29 is 5.11 Å². The van der Waals surface area contributed by atoms with Gasteiger partial charge in [0.15, 0.2) is 0 Å². The molecule has 2 rings (SSSR count). The summed E-state index contributed by atoms with van der Waals surface area (Å²) in [5.41, 5.74) is 0. The first-order chi connectivity index (χ1) is 9.11. The number of hydrogen-bond donors (Lipinski definition) is 1. The number of rotatable bonds is 8. The van der Waals surface area contributed by atoms with Crippen molar-refractivity contribution in [2.75, 3.05) is 13.6 Å². The molecule has 0 aromatic carbocycles. The Kier molecular flexibility index (Phi) is 4.71. The van der Waals surface area contributed by atoms with E-state index in [9.17, 15) is 5.11 Å². The average Bonchev–Trinajstić information content (AvgIpc) is 3.14. The Morgan fingerprint density at radius 3 is 2.89 bits per heavy atom. The second kappa shape index (κ2) is 6.30. The SMILES string of the molecule is C=CCCC(O)CN(C)Cc1nnc(C2CC2)n1C. The number of aromatic nitrogens is 3. The number of hydrogen-bond acceptors (Lipinski definition) is 4. The van der Waals surface area contributed by atoms with Gasteiger partial charge in [0.1, 0.15) is 11.6 Å². The predicted molar refractivity (Wildman–Crippen MR) is 74.7 cm³/mol. The Bertz CT molecular complexity index is 425. The lowest BCUT2D eigenvalue weighted by atomic mass is 10.2. The smallest absolute Gasteiger partial charge is 0.146 e. The van der Waals surface area contributed by atoms with Crippen LogP contribution in [-0.2, 0) is 13.6 Å². The van der Waals surface area contributed by atoms with Crippen LogP contribution in [0.25, 0.3) is 0 Å². The summed E-state index contributed by atoms with van der Waals surface area (Å²) in [4.78, 5) is 2.09. The number of nitrogens with zero attached hydrogens (tertiary/aromatic N) is 4. The van der Waals surface area contributed by atoms with Crippen molar-refractivity contribution in [1.29, 1.82) is 0 Å². The highest BCUT2D eigenvalue weighted by atomic mass is 16.3. The number of allylic oxidation sites excluding steroid dienone is 1. The lowest BCUT2D eigenvalue weighted by Crippen LogP contribution is -2.29. The van der Waals surface area contributed by atoms with Gasteiger partial charge in [0.25, 0.3) is 0 Å². The van der Waals surface area contributed by atoms with Gasteiger partial charge in [-0.3, -0.25) is 4.90 Å². The number of aliphatic hydroxyl groups excluding tert-OH is 1. The van der Waals surface area contributed by atoms with Gasteiger partial charge in [-0.2, -0.15) is 0 Å². The molecule has 1 aromatic heterocycles. The van der Waals surface area contributed by atoms with Gasteiger partial charge in [-0.15, -0.1) is 16.8 Å². The Morgan fingerprint density at radius 2 is 2.26 bits per heavy atom. The maximum atomic E-state index is 9.87. The Labute approximate surface area is 114 Å². The van der Waals surface area contributed by atoms with E-state index < -0.39 is 0 Å². The van der Waals surface area contributed by atoms with Crippen molar-refractivity contribution in [2.24, 2.45) is 7.05 Å². The fourth-order valence-corrected chi connectivity index (χ4v) is 2.28. The first kappa shape index (κ1) is 14.2. The topological polar surface area (TPSA) is 54.2 Å². The van der Waals surface area contributed by atoms with Crippen LogP contribution in [0, 0.1) is 0 Å². The molecule has 1 fully saturated rings. The third kappa shape index (κ3) is 3.88. The second-order valence-corrected chi connectivity index (χ2v) is 5.52. The summed E-state index contributed by atoms with van der Waals surface area (Å²) in [6.45, 7) is 5.05. The zero-order chi connectivity index (χ0) is 13.8. The van der Waals surface area contributed by atoms with Gasteiger partial charge in [-0.25, -0.2) is 0 Å². The number of aliphatic hydroxyl groups is 1. The molecule has 0 radical (unpaired) electrons. The van der Waals surface area contributed by atoms with E-state index in [1.807, 2.05) is 20.2 Å². The lowest BCUT2D eigenvalue weighted by molar-refractivity contribution is 0.114. The zero-order valence-corrected chi connectivity index (χ0v) is 11.9. The maximum Gasteiger partial charge on any atom is 0.146 e. The van der Waals surface area contributed by atoms with Crippen molar-refractivity contribution in [1.82, 2.24) is 19.7 Å². The fourth-order valence-electron chi connectivity index (χ4n) is 2.28. The molecule has 0 aliphatic heterocycles. The van der Waals surface area contributed by atoms with E-state index in [-0.39, 0.29) is 6.10 Å². The Morgan fingerprint density at radius 1 is 1.53 bits per heavy atom. The highest BCUT2D eigenvalue weighted by Gasteiger charge is 2.29. The molecule has 1 aromatic rings. The molecule has 0 saturated heterocycles. The predicted octanol–water partition coefficient (Wildman–Crippen LogP) is 1.45. The van der Waals surface area contributed by atoms with Gasteiger partial charge in [0.05, 0.1) is 12.6 Å². The maximum absolute atomic E-state index is 9.87. The normalized spacial score (nSPS) is 16.8. The van der Waals surface area contributed by atoms with Crippen LogP contribution in [0.5, 0.6) is 0 Å². The summed E-state index contributed by atoms with van der Waals surface area (Å²) >= 11 is 0. The Balaban J connectivity index is 1.84. The monoisotopic (exact) mass is 264 g/mol. The van der Waals surface area contributed by atoms with Crippen LogP contribution in [0.15, 0.2) is 12.7 Å². The minimum atomic E-state index is -0.306. The van der Waals surface area contributed by atoms with E-state index in [1.165, 1.54) is 12.8 Å². The molecular formula is C14H24N4O. The van der Waals surface area contributed by atoms with Gasteiger partial charge in [0.2, 0.25) is 0 Å². The van der Waals surface area contributed by atoms with Crippen LogP contribution in [-0.4, -0.2) is 44.5 Å². The quantitative estimate of drug-likeness (QED) is 0.722. The van der Waals surface area contributed by atoms with E-state index in [0.717, 1.165) is 31.0 Å². The standard InChI is InChI=1S/C14H24N4O/c1-4-5-6-12(19)9-17(2)10-13-15-16-14(18(13)3)11-7-8-11/h4,11-12,19H,1,5-10H2,2-3H3. The number of likely N-dealkylation sites (N-methyl/N-ethyl adjacent to an activating group) is 1. The summed E-state index contributed by atoms with van der Waals surface area (Å²) < 4.78 is 2.10. The molecule has 5 nitrogen and oxygen atoms in total. The van der Waals surface area contributed by atoms with E-state index in [4.69, 9.17) is 0 Å². The molecule has 1 saturated carbocycles. The molecule has 1 atom stereocenters. The second-order valence-electron chi connectivity index (χ2n) is 5.52. The van der Waals surface area contributed by atoms with E-state index in [1.54, 1.807) is 0 Å². The molecule has 1 unspecified atom stereocenters. The van der Waals surface area contributed by atoms with Crippen LogP contribution in [0.4, 0.5) is 0 Å². The summed E-state index contributed by atoms with van der Waals surface area (Å²) in [5.74, 6) is 2.70. The van der Waals surface area contributed by atoms with Crippen LogP contribution < -0.4 is 0 Å². The van der Waals surface area contributed by atoms with Crippen molar-refractivity contribution >= 4 is 0 Å². The molecule has 0 amide bonds. The van der Waals surface area contributed by atoms with Gasteiger partial charge in [-0.05, 0) is 32.7 Å². The third-order valence-corrected chi connectivity index (χ3v) is 3.58. The van der Waals surface area contributed by atoms with Crippen LogP contribution in [0.2, 0.25) is 0 Å². The molecule has 5 heteroatoms. The molecular weight excluding hydrogens is 240 g/mol. The third-order valence-electron chi connectivity index (χ3n) is 3.58. The zero-order valence-electron chi connectivity index (χ0n) is 11.9. The molecule has 0 spiro atoms. The molecule has 0 bridgehead atoms. The first-order valence-corrected chi connectivity index (χ1v) is 6.97. The van der Waals surface area contributed by atoms with Gasteiger partial charge < -0.3 is 9.67 Å². The molecule has 1 aliphatic carbocycles. The highest BCUT2D eigenvalue weighted by molar-refractivity contribution is 5.07. The van der Waals surface area contributed by atoms with Gasteiger partial charge >= 0.3 is 0 Å². The molecule has 1 aliphatic rings. The lowest BCUT2D eigenvalue weighted by Gasteiger charge is -2.19. The van der Waals surface area contributed by atoms with E-state index in [0.29, 0.717) is 12.5 Å². The largest absolute Gasteiger partial charge is 0.392 e. The first-order valence-electron chi connectivity index (χ1n) is 6.97. The summed E-state index contributed by atoms with van der Waals surface area (Å²) in [7, 11) is 4.04. The van der Waals surface area contributed by atoms with Crippen LogP contribution >= 0.6 is 0 Å². The molecule has 1 heterocycles. The van der Waals surface area contributed by atoms with Crippen LogP contribution in [0.3, 0.4) is 0 Å². The fraction of sp³-hybridized carbons (Fsp3) is 0.714. The van der Waals surface area contributed by atoms with Crippen molar-refractivity contribution in [3.63, 3.8) is 0 Å². The molecule has 19 heavy (non-hydrogen) atoms. The molecule has 106 valence electrons. The average molecular weight is 264 g/mol. The summed E-state index contributed by atoms with van der Waals surface area (Å²) in [5, 5.41) is 18.4. The highest BCUT2D eigenvalue weighted by Crippen LogP contribution is 2.38. The van der Waals surface area contributed by atoms with E-state index >= 15 is 0 Å². The minimum Gasteiger partial charge on any atom is -0.392 e. The Hall–Kier alpha value is -1.20. The molecule has 1 N–H and O–H groups in total. The van der Waals surface area contributed by atoms with Gasteiger partial charge in [-0.1, -0.05) is 6.08 Å². The summed E-state index contributed by atoms with van der Waals surface area (Å²) in [6, 6.07) is 0. The minimum absolute atomic E-state index is 0.306. The van der Waals surface area contributed by atoms with E-state index in [2.05, 4.69) is 26.2 Å². The van der Waals surface area contributed by atoms with Crippen molar-refractivity contribution in [3.05, 3.63) is 24.3 Å². The summed E-state index contributed by atoms with van der Waals surface area (Å²) in [6.07, 6.45) is 5.63. The van der Waals surface area contributed by atoms with Crippen molar-refractivity contribution in [2.45, 2.75) is 44.2 Å².